The van der Waals surface area contributed by atoms with Crippen LogP contribution >= 0.6 is 0 Å². The molecule has 2 nitrogen and oxygen atoms in total. The number of hydrogen-bond donors (Lipinski definition) is 1. The Morgan fingerprint density at radius 2 is 1.05 bits per heavy atom. The van der Waals surface area contributed by atoms with Crippen LogP contribution in [0.3, 0.4) is 0 Å². The summed E-state index contributed by atoms with van der Waals surface area (Å²) in [6, 6.07) is 21.8. The van der Waals surface area contributed by atoms with Crippen molar-refractivity contribution in [3.63, 3.8) is 0 Å². The average Bonchev–Trinajstić information content (AvgIpc) is 3.02. The second-order valence-corrected chi connectivity index (χ2v) is 4.79. The number of rotatable bonds is 2. The molecule has 2 aromatic rings. The lowest BCUT2D eigenvalue weighted by Gasteiger charge is -2.33. The molecule has 3 rings (SSSR count). The summed E-state index contributed by atoms with van der Waals surface area (Å²) < 4.78 is 1.03. The zero-order valence-corrected chi connectivity index (χ0v) is 11.5. The van der Waals surface area contributed by atoms with Crippen molar-refractivity contribution in [3.8, 4) is 0 Å². The van der Waals surface area contributed by atoms with Crippen LogP contribution in [0.15, 0.2) is 60.7 Å². The Balaban J connectivity index is 0.000000637. The molecule has 0 aliphatic carbocycles. The summed E-state index contributed by atoms with van der Waals surface area (Å²) in [4.78, 5) is 0. The quantitative estimate of drug-likeness (QED) is 0.812. The molecule has 19 heavy (non-hydrogen) atoms. The zero-order chi connectivity index (χ0) is 13.6. The molecule has 0 amide bonds. The summed E-state index contributed by atoms with van der Waals surface area (Å²) in [5.74, 6) is 0. The highest BCUT2D eigenvalue weighted by molar-refractivity contribution is 5.58. The molecule has 1 heterocycles. The van der Waals surface area contributed by atoms with Gasteiger partial charge >= 0.3 is 0 Å². The van der Waals surface area contributed by atoms with Crippen molar-refractivity contribution in [2.24, 2.45) is 0 Å². The third-order valence-electron chi connectivity index (χ3n) is 3.83. The smallest absolute Gasteiger partial charge is 0.137 e. The molecule has 0 aromatic heterocycles. The Kier molecular flexibility index (Phi) is 4.72. The average molecular weight is 256 g/mol. The van der Waals surface area contributed by atoms with Gasteiger partial charge in [0.05, 0.1) is 13.1 Å². The second-order valence-electron chi connectivity index (χ2n) is 4.79. The maximum Gasteiger partial charge on any atom is 0.137 e. The zero-order valence-electron chi connectivity index (χ0n) is 11.5. The first-order chi connectivity index (χ1) is 9.42. The van der Waals surface area contributed by atoms with Crippen LogP contribution in [0, 0.1) is 0 Å². The lowest BCUT2D eigenvalue weighted by molar-refractivity contribution is 0.399. The van der Waals surface area contributed by atoms with E-state index in [2.05, 4.69) is 60.7 Å². The van der Waals surface area contributed by atoms with Gasteiger partial charge in [-0.1, -0.05) is 36.4 Å². The van der Waals surface area contributed by atoms with E-state index in [1.54, 1.807) is 0 Å². The van der Waals surface area contributed by atoms with Crippen molar-refractivity contribution in [1.29, 1.82) is 0 Å². The maximum atomic E-state index is 7.00. The molecule has 1 saturated heterocycles. The fourth-order valence-corrected chi connectivity index (χ4v) is 2.97. The Labute approximate surface area is 115 Å². The third-order valence-corrected chi connectivity index (χ3v) is 3.83. The molecule has 0 saturated carbocycles. The largest absolute Gasteiger partial charge is 0.400 e. The SMILES string of the molecule is CO.c1ccc([N+]2(c3ccccc3)CCCC2)cc1. The molecule has 2 heteroatoms. The molecule has 1 N–H and O–H groups in total. The fourth-order valence-electron chi connectivity index (χ4n) is 2.97. The molecule has 1 aliphatic rings. The van der Waals surface area contributed by atoms with Crippen LogP contribution in [-0.2, 0) is 0 Å². The molecule has 0 radical (unpaired) electrons. The molecule has 0 atom stereocenters. The van der Waals surface area contributed by atoms with Crippen molar-refractivity contribution in [3.05, 3.63) is 60.7 Å². The van der Waals surface area contributed by atoms with Gasteiger partial charge in [0.2, 0.25) is 0 Å². The molecule has 2 aromatic carbocycles. The number of aliphatic hydroxyl groups excluding tert-OH is 1. The molecule has 1 fully saturated rings. The minimum Gasteiger partial charge on any atom is -0.400 e. The maximum absolute atomic E-state index is 7.00. The molecule has 1 aliphatic heterocycles. The normalized spacial score (nSPS) is 16.5. The van der Waals surface area contributed by atoms with E-state index in [0.29, 0.717) is 0 Å². The van der Waals surface area contributed by atoms with Gasteiger partial charge in [-0.25, -0.2) is 0 Å². The van der Waals surface area contributed by atoms with Gasteiger partial charge < -0.3 is 5.11 Å². The first-order valence-corrected chi connectivity index (χ1v) is 6.85. The van der Waals surface area contributed by atoms with E-state index >= 15 is 0 Å². The number of para-hydroxylation sites is 2. The van der Waals surface area contributed by atoms with Gasteiger partial charge in [-0.15, -0.1) is 0 Å². The van der Waals surface area contributed by atoms with E-state index in [9.17, 15) is 0 Å². The minimum absolute atomic E-state index is 1.00. The van der Waals surface area contributed by atoms with Gasteiger partial charge in [0.25, 0.3) is 0 Å². The van der Waals surface area contributed by atoms with Gasteiger partial charge in [0.1, 0.15) is 11.4 Å². The highest BCUT2D eigenvalue weighted by Crippen LogP contribution is 2.38. The van der Waals surface area contributed by atoms with E-state index < -0.39 is 0 Å². The summed E-state index contributed by atoms with van der Waals surface area (Å²) in [5, 5.41) is 7.00. The number of aliphatic hydroxyl groups is 1. The Bertz CT molecular complexity index is 434. The van der Waals surface area contributed by atoms with Crippen LogP contribution in [0.2, 0.25) is 0 Å². The van der Waals surface area contributed by atoms with Crippen LogP contribution < -0.4 is 4.48 Å². The second kappa shape index (κ2) is 6.50. The highest BCUT2D eigenvalue weighted by atomic mass is 16.2. The Morgan fingerprint density at radius 1 is 0.684 bits per heavy atom. The molecule has 0 spiro atoms. The van der Waals surface area contributed by atoms with Crippen LogP contribution in [0.1, 0.15) is 12.8 Å². The topological polar surface area (TPSA) is 20.2 Å². The molecular formula is C17H22NO+. The number of benzene rings is 2. The van der Waals surface area contributed by atoms with Gasteiger partial charge in [0, 0.05) is 20.0 Å². The summed E-state index contributed by atoms with van der Waals surface area (Å²) in [7, 11) is 1.00. The van der Waals surface area contributed by atoms with E-state index in [1.807, 2.05) is 0 Å². The molecule has 100 valence electrons. The van der Waals surface area contributed by atoms with Crippen LogP contribution in [0.5, 0.6) is 0 Å². The summed E-state index contributed by atoms with van der Waals surface area (Å²) in [6.45, 7) is 2.46. The van der Waals surface area contributed by atoms with E-state index in [-0.39, 0.29) is 0 Å². The fraction of sp³-hybridized carbons (Fsp3) is 0.294. The summed E-state index contributed by atoms with van der Waals surface area (Å²) in [6.07, 6.45) is 2.65. The predicted molar refractivity (Wildman–Crippen MR) is 81.4 cm³/mol. The number of hydrogen-bond acceptors (Lipinski definition) is 1. The van der Waals surface area contributed by atoms with Crippen molar-refractivity contribution in [2.75, 3.05) is 20.2 Å². The lowest BCUT2D eigenvalue weighted by Crippen LogP contribution is -2.40. The molecule has 0 bridgehead atoms. The Hall–Kier alpha value is -1.64. The summed E-state index contributed by atoms with van der Waals surface area (Å²) >= 11 is 0. The van der Waals surface area contributed by atoms with Gasteiger partial charge in [-0.3, -0.25) is 4.48 Å². The molecule has 0 unspecified atom stereocenters. The van der Waals surface area contributed by atoms with E-state index in [4.69, 9.17) is 5.11 Å². The Morgan fingerprint density at radius 3 is 1.42 bits per heavy atom. The summed E-state index contributed by atoms with van der Waals surface area (Å²) in [5.41, 5.74) is 2.85. The van der Waals surface area contributed by atoms with E-state index in [1.165, 1.54) is 37.3 Å². The minimum atomic E-state index is 1.00. The van der Waals surface area contributed by atoms with Crippen LogP contribution in [0.4, 0.5) is 11.4 Å². The lowest BCUT2D eigenvalue weighted by atomic mass is 10.2. The molecular weight excluding hydrogens is 234 g/mol. The van der Waals surface area contributed by atoms with E-state index in [0.717, 1.165) is 11.6 Å². The van der Waals surface area contributed by atoms with Gasteiger partial charge in [-0.2, -0.15) is 0 Å². The van der Waals surface area contributed by atoms with Crippen LogP contribution in [0.25, 0.3) is 0 Å². The van der Waals surface area contributed by atoms with Crippen molar-refractivity contribution in [1.82, 2.24) is 4.48 Å². The van der Waals surface area contributed by atoms with Crippen molar-refractivity contribution < 1.29 is 5.11 Å². The van der Waals surface area contributed by atoms with Gasteiger partial charge in [-0.05, 0) is 24.3 Å². The highest BCUT2D eigenvalue weighted by Gasteiger charge is 2.36. The van der Waals surface area contributed by atoms with Crippen molar-refractivity contribution >= 4 is 11.4 Å². The monoisotopic (exact) mass is 256 g/mol. The number of nitrogens with zero attached hydrogens (tertiary/aromatic N) is 1. The van der Waals surface area contributed by atoms with Crippen molar-refractivity contribution in [2.45, 2.75) is 12.8 Å². The first-order valence-electron chi connectivity index (χ1n) is 6.85. The standard InChI is InChI=1S/C16H18N.CH4O/c1-3-9-15(10-4-1)17(13-7-8-14-17)16-11-5-2-6-12-16;1-2/h1-6,9-12H,7-8,13-14H2;2H,1H3/q+1;. The first kappa shape index (κ1) is 13.8. The van der Waals surface area contributed by atoms with Crippen LogP contribution in [-0.4, -0.2) is 25.3 Å². The van der Waals surface area contributed by atoms with Gasteiger partial charge in [0.15, 0.2) is 0 Å². The predicted octanol–water partition coefficient (Wildman–Crippen LogP) is 3.73. The number of quaternary nitrogens is 1. The third kappa shape index (κ3) is 2.70.